The minimum absolute atomic E-state index is 0.0603. The maximum absolute atomic E-state index is 11.6. The molecule has 0 amide bonds. The van der Waals surface area contributed by atoms with Gasteiger partial charge in [0.15, 0.2) is 0 Å². The van der Waals surface area contributed by atoms with Crippen LogP contribution in [0.2, 0.25) is 19.6 Å². The lowest BCUT2D eigenvalue weighted by Crippen LogP contribution is -2.50. The molecule has 0 saturated heterocycles. The van der Waals surface area contributed by atoms with Crippen LogP contribution in [0.4, 0.5) is 0 Å². The Balaban J connectivity index is 1.68. The Labute approximate surface area is 238 Å². The van der Waals surface area contributed by atoms with Crippen LogP contribution in [0.15, 0.2) is 60.7 Å². The Kier molecular flexibility index (Phi) is 12.3. The summed E-state index contributed by atoms with van der Waals surface area (Å²) in [6.07, 6.45) is 5.18. The molecule has 1 aliphatic rings. The lowest BCUT2D eigenvalue weighted by Gasteiger charge is -2.53. The molecular formula is C34H50O4Si. The highest BCUT2D eigenvalue weighted by Gasteiger charge is 2.50. The van der Waals surface area contributed by atoms with Gasteiger partial charge in [-0.05, 0) is 66.4 Å². The van der Waals surface area contributed by atoms with Gasteiger partial charge in [0.2, 0.25) is 0 Å². The minimum Gasteiger partial charge on any atom is -0.396 e. The summed E-state index contributed by atoms with van der Waals surface area (Å²) in [4.78, 5) is 0. The standard InChI is InChI=1S/C34H50O4Si/c1-33(20-23-38-28-30-15-9-6-10-16-30)26-32(36)34(19-21-35,18-11-12-24-39(2,3)4)25-31(33)17-22-37-27-29-13-7-5-8-14-29/h5-10,13-16,31-32,35-36H,11,17-23,25-28H2,1-4H3/t31-,32-,33-,34+/m0/s1. The molecule has 4 nitrogen and oxygen atoms in total. The van der Waals surface area contributed by atoms with E-state index in [1.54, 1.807) is 0 Å². The molecule has 3 rings (SSSR count). The third kappa shape index (κ3) is 10.2. The lowest BCUT2D eigenvalue weighted by atomic mass is 9.53. The topological polar surface area (TPSA) is 58.9 Å². The van der Waals surface area contributed by atoms with Gasteiger partial charge in [0.05, 0.1) is 19.3 Å². The fourth-order valence-corrected chi connectivity index (χ4v) is 6.69. The number of rotatable bonds is 14. The molecule has 5 heteroatoms. The van der Waals surface area contributed by atoms with Gasteiger partial charge < -0.3 is 19.7 Å². The Morgan fingerprint density at radius 1 is 0.846 bits per heavy atom. The molecule has 0 radical (unpaired) electrons. The fourth-order valence-electron chi connectivity index (χ4n) is 6.04. The number of hydrogen-bond donors (Lipinski definition) is 2. The Morgan fingerprint density at radius 2 is 1.44 bits per heavy atom. The first kappa shape index (κ1) is 31.6. The van der Waals surface area contributed by atoms with Gasteiger partial charge in [-0.2, -0.15) is 0 Å². The summed E-state index contributed by atoms with van der Waals surface area (Å²) >= 11 is 0. The molecule has 0 aromatic heterocycles. The molecule has 2 aromatic rings. The second kappa shape index (κ2) is 15.2. The molecule has 0 heterocycles. The molecule has 2 N–H and O–H groups in total. The first-order chi connectivity index (χ1) is 18.7. The molecule has 0 aliphatic heterocycles. The highest BCUT2D eigenvalue weighted by atomic mass is 28.3. The van der Waals surface area contributed by atoms with Crippen molar-refractivity contribution in [3.63, 3.8) is 0 Å². The van der Waals surface area contributed by atoms with Gasteiger partial charge in [-0.15, -0.1) is 11.5 Å². The maximum Gasteiger partial charge on any atom is 0.129 e. The number of benzene rings is 2. The zero-order valence-corrected chi connectivity index (χ0v) is 25.6. The van der Waals surface area contributed by atoms with E-state index in [2.05, 4.69) is 62.3 Å². The SMILES string of the molecule is C[C@]1(CCOCc2ccccc2)C[C@H](O)[C@@](CCO)(CCC#C[Si](C)(C)C)C[C@@H]1CCOCc1ccccc1. The van der Waals surface area contributed by atoms with E-state index in [1.165, 1.54) is 11.1 Å². The van der Waals surface area contributed by atoms with E-state index in [4.69, 9.17) is 9.47 Å². The second-order valence-electron chi connectivity index (χ2n) is 12.8. The van der Waals surface area contributed by atoms with Crippen LogP contribution in [0.5, 0.6) is 0 Å². The van der Waals surface area contributed by atoms with Gasteiger partial charge in [-0.1, -0.05) is 87.2 Å². The van der Waals surface area contributed by atoms with Crippen molar-refractivity contribution in [2.45, 2.75) is 90.8 Å². The number of aliphatic hydroxyl groups is 2. The fraction of sp³-hybridized carbons (Fsp3) is 0.588. The van der Waals surface area contributed by atoms with Crippen LogP contribution in [-0.2, 0) is 22.7 Å². The van der Waals surface area contributed by atoms with Crippen molar-refractivity contribution in [3.8, 4) is 11.5 Å². The third-order valence-corrected chi connectivity index (χ3v) is 9.40. The van der Waals surface area contributed by atoms with Crippen LogP contribution in [0.1, 0.15) is 63.0 Å². The Morgan fingerprint density at radius 3 is 2.00 bits per heavy atom. The summed E-state index contributed by atoms with van der Waals surface area (Å²) in [5, 5.41) is 21.6. The highest BCUT2D eigenvalue weighted by molar-refractivity contribution is 6.83. The average molecular weight is 551 g/mol. The molecule has 0 bridgehead atoms. The molecule has 1 fully saturated rings. The summed E-state index contributed by atoms with van der Waals surface area (Å²) in [6.45, 7) is 11.7. The van der Waals surface area contributed by atoms with Gasteiger partial charge in [0.25, 0.3) is 0 Å². The summed E-state index contributed by atoms with van der Waals surface area (Å²) in [6, 6.07) is 20.6. The quantitative estimate of drug-likeness (QED) is 0.151. The normalized spacial score (nSPS) is 25.2. The van der Waals surface area contributed by atoms with Crippen LogP contribution in [-0.4, -0.2) is 44.2 Å². The molecule has 0 unspecified atom stereocenters. The smallest absolute Gasteiger partial charge is 0.129 e. The van der Waals surface area contributed by atoms with Crippen molar-refractivity contribution in [3.05, 3.63) is 71.8 Å². The predicted molar refractivity (Wildman–Crippen MR) is 163 cm³/mol. The van der Waals surface area contributed by atoms with Gasteiger partial charge in [-0.3, -0.25) is 0 Å². The largest absolute Gasteiger partial charge is 0.396 e. The van der Waals surface area contributed by atoms with E-state index in [1.807, 2.05) is 36.4 Å². The van der Waals surface area contributed by atoms with Crippen molar-refractivity contribution in [2.24, 2.45) is 16.7 Å². The summed E-state index contributed by atoms with van der Waals surface area (Å²) in [5.74, 6) is 3.78. The molecule has 1 saturated carbocycles. The highest BCUT2D eigenvalue weighted by Crippen LogP contribution is 2.55. The molecule has 0 spiro atoms. The summed E-state index contributed by atoms with van der Waals surface area (Å²) in [5.41, 5.74) is 5.47. The first-order valence-electron chi connectivity index (χ1n) is 14.7. The van der Waals surface area contributed by atoms with Gasteiger partial charge >= 0.3 is 0 Å². The number of hydrogen-bond acceptors (Lipinski definition) is 4. The maximum atomic E-state index is 11.6. The zero-order chi connectivity index (χ0) is 28.2. The van der Waals surface area contributed by atoms with Gasteiger partial charge in [0.1, 0.15) is 8.07 Å². The Hall–Kier alpha value is -1.94. The van der Waals surface area contributed by atoms with Crippen molar-refractivity contribution in [1.29, 1.82) is 0 Å². The monoisotopic (exact) mass is 550 g/mol. The molecule has 214 valence electrons. The first-order valence-corrected chi connectivity index (χ1v) is 18.2. The number of aliphatic hydroxyl groups excluding tert-OH is 2. The van der Waals surface area contributed by atoms with Crippen molar-refractivity contribution in [1.82, 2.24) is 0 Å². The van der Waals surface area contributed by atoms with Crippen molar-refractivity contribution < 1.29 is 19.7 Å². The summed E-state index contributed by atoms with van der Waals surface area (Å²) < 4.78 is 12.2. The Bertz CT molecular complexity index is 1030. The van der Waals surface area contributed by atoms with E-state index in [-0.39, 0.29) is 17.4 Å². The minimum atomic E-state index is -1.44. The van der Waals surface area contributed by atoms with Crippen molar-refractivity contribution in [2.75, 3.05) is 19.8 Å². The van der Waals surface area contributed by atoms with Gasteiger partial charge in [0, 0.05) is 26.2 Å². The molecular weight excluding hydrogens is 500 g/mol. The van der Waals surface area contributed by atoms with E-state index in [0.29, 0.717) is 45.2 Å². The van der Waals surface area contributed by atoms with Crippen molar-refractivity contribution >= 4 is 8.07 Å². The predicted octanol–water partition coefficient (Wildman–Crippen LogP) is 7.01. The van der Waals surface area contributed by atoms with Crippen LogP contribution in [0, 0.1) is 28.2 Å². The summed E-state index contributed by atoms with van der Waals surface area (Å²) in [7, 11) is -1.44. The van der Waals surface area contributed by atoms with Gasteiger partial charge in [-0.25, -0.2) is 0 Å². The van der Waals surface area contributed by atoms with Crippen LogP contribution >= 0.6 is 0 Å². The number of ether oxygens (including phenoxy) is 2. The third-order valence-electron chi connectivity index (χ3n) is 8.48. The second-order valence-corrected chi connectivity index (χ2v) is 17.5. The van der Waals surface area contributed by atoms with E-state index < -0.39 is 14.2 Å². The molecule has 1 aliphatic carbocycles. The van der Waals surface area contributed by atoms with Crippen LogP contribution in [0.25, 0.3) is 0 Å². The lowest BCUT2D eigenvalue weighted by molar-refractivity contribution is -0.117. The average Bonchev–Trinajstić information content (AvgIpc) is 2.91. The molecule has 4 atom stereocenters. The van der Waals surface area contributed by atoms with E-state index in [9.17, 15) is 10.2 Å². The van der Waals surface area contributed by atoms with E-state index in [0.717, 1.165) is 32.1 Å². The van der Waals surface area contributed by atoms with Crippen LogP contribution < -0.4 is 0 Å². The molecule has 2 aromatic carbocycles. The zero-order valence-electron chi connectivity index (χ0n) is 24.6. The van der Waals surface area contributed by atoms with E-state index >= 15 is 0 Å². The van der Waals surface area contributed by atoms with Crippen LogP contribution in [0.3, 0.4) is 0 Å². The molecule has 39 heavy (non-hydrogen) atoms.